The maximum atomic E-state index is 13.3. The van der Waals surface area contributed by atoms with Gasteiger partial charge in [0.25, 0.3) is 0 Å². The molecule has 0 bridgehead atoms. The summed E-state index contributed by atoms with van der Waals surface area (Å²) >= 11 is 1.60. The van der Waals surface area contributed by atoms with Gasteiger partial charge in [0.2, 0.25) is 11.9 Å². The molecule has 35 heavy (non-hydrogen) atoms. The minimum absolute atomic E-state index is 0.0437. The number of nitrogen functional groups attached to an aromatic ring is 1. The Bertz CT molecular complexity index is 1270. The molecule has 0 aliphatic carbocycles. The molecule has 0 spiro atoms. The lowest BCUT2D eigenvalue weighted by atomic mass is 10.1. The minimum atomic E-state index is -0.332. The molecule has 9 heteroatoms. The van der Waals surface area contributed by atoms with E-state index < -0.39 is 0 Å². The molecule has 8 nitrogen and oxygen atoms in total. The topological polar surface area (TPSA) is 105 Å². The second-order valence-electron chi connectivity index (χ2n) is 8.15. The zero-order chi connectivity index (χ0) is 24.0. The van der Waals surface area contributed by atoms with E-state index in [-0.39, 0.29) is 11.9 Å². The number of aromatic nitrogens is 2. The van der Waals surface area contributed by atoms with Gasteiger partial charge in [0.15, 0.2) is 0 Å². The van der Waals surface area contributed by atoms with Gasteiger partial charge in [-0.3, -0.25) is 9.69 Å². The second kappa shape index (κ2) is 10.6. The fourth-order valence-corrected chi connectivity index (χ4v) is 4.87. The standard InChI is InChI=1S/C26H26N6O2S/c27-19-3-1-4-21(17-19)30-26-28-11-10-22(31-26)18-6-8-20(9-7-18)29-25(33)24(23-5-2-16-35-23)32-12-14-34-15-13-32/h1-11,16-17,24H,12-15,27H2,(H,29,33)(H,28,30,31). The zero-order valence-electron chi connectivity index (χ0n) is 19.1. The third kappa shape index (κ3) is 5.65. The van der Waals surface area contributed by atoms with Crippen LogP contribution in [0, 0.1) is 0 Å². The molecule has 1 atom stereocenters. The monoisotopic (exact) mass is 486 g/mol. The van der Waals surface area contributed by atoms with Crippen LogP contribution < -0.4 is 16.4 Å². The Balaban J connectivity index is 1.29. The molecule has 4 N–H and O–H groups in total. The number of hydrogen-bond donors (Lipinski definition) is 3. The summed E-state index contributed by atoms with van der Waals surface area (Å²) in [5.41, 5.74) is 9.77. The Labute approximate surface area is 207 Å². The van der Waals surface area contributed by atoms with Crippen molar-refractivity contribution in [3.8, 4) is 11.3 Å². The van der Waals surface area contributed by atoms with Crippen molar-refractivity contribution in [3.05, 3.63) is 83.2 Å². The van der Waals surface area contributed by atoms with Crippen LogP contribution in [0.4, 0.5) is 23.0 Å². The summed E-state index contributed by atoms with van der Waals surface area (Å²) in [4.78, 5) is 25.4. The summed E-state index contributed by atoms with van der Waals surface area (Å²) < 4.78 is 5.48. The molecule has 2 aromatic heterocycles. The van der Waals surface area contributed by atoms with Gasteiger partial charge in [-0.15, -0.1) is 11.3 Å². The number of ether oxygens (including phenoxy) is 1. The molecule has 5 rings (SSSR count). The van der Waals surface area contributed by atoms with Gasteiger partial charge in [-0.05, 0) is 47.8 Å². The smallest absolute Gasteiger partial charge is 0.247 e. The SMILES string of the molecule is Nc1cccc(Nc2nccc(-c3ccc(NC(=O)C(c4cccs4)N4CCOCC4)cc3)n2)c1. The number of hydrogen-bond acceptors (Lipinski definition) is 8. The number of rotatable bonds is 7. The number of thiophene rings is 1. The fraction of sp³-hybridized carbons (Fsp3) is 0.192. The van der Waals surface area contributed by atoms with Crippen molar-refractivity contribution in [1.82, 2.24) is 14.9 Å². The van der Waals surface area contributed by atoms with E-state index in [2.05, 4.69) is 25.5 Å². The number of nitrogens with zero attached hydrogens (tertiary/aromatic N) is 3. The first-order chi connectivity index (χ1) is 17.2. The summed E-state index contributed by atoms with van der Waals surface area (Å²) in [7, 11) is 0. The molecule has 3 heterocycles. The minimum Gasteiger partial charge on any atom is -0.399 e. The van der Waals surface area contributed by atoms with Crippen molar-refractivity contribution in [3.63, 3.8) is 0 Å². The number of amides is 1. The third-order valence-electron chi connectivity index (χ3n) is 5.72. The number of nitrogens with two attached hydrogens (primary N) is 1. The summed E-state index contributed by atoms with van der Waals surface area (Å²) in [6.07, 6.45) is 1.71. The van der Waals surface area contributed by atoms with Crippen LogP contribution in [-0.2, 0) is 9.53 Å². The van der Waals surface area contributed by atoms with Crippen molar-refractivity contribution in [2.24, 2.45) is 0 Å². The summed E-state index contributed by atoms with van der Waals surface area (Å²) in [5, 5.41) is 8.26. The van der Waals surface area contributed by atoms with Gasteiger partial charge in [0.1, 0.15) is 6.04 Å². The van der Waals surface area contributed by atoms with Crippen LogP contribution >= 0.6 is 11.3 Å². The second-order valence-corrected chi connectivity index (χ2v) is 9.13. The van der Waals surface area contributed by atoms with Crippen molar-refractivity contribution in [2.45, 2.75) is 6.04 Å². The Morgan fingerprint density at radius 1 is 1.03 bits per heavy atom. The maximum Gasteiger partial charge on any atom is 0.247 e. The number of anilines is 4. The quantitative estimate of drug-likeness (QED) is 0.329. The van der Waals surface area contributed by atoms with Crippen molar-refractivity contribution < 1.29 is 9.53 Å². The lowest BCUT2D eigenvalue weighted by molar-refractivity contribution is -0.123. The van der Waals surface area contributed by atoms with E-state index in [9.17, 15) is 4.79 Å². The molecular formula is C26H26N6O2S. The Morgan fingerprint density at radius 3 is 2.60 bits per heavy atom. The molecule has 1 aliphatic heterocycles. The lowest BCUT2D eigenvalue weighted by Crippen LogP contribution is -2.43. The fourth-order valence-electron chi connectivity index (χ4n) is 4.02. The molecule has 1 unspecified atom stereocenters. The van der Waals surface area contributed by atoms with E-state index in [1.54, 1.807) is 17.5 Å². The first-order valence-corrected chi connectivity index (χ1v) is 12.3. The highest BCUT2D eigenvalue weighted by atomic mass is 32.1. The van der Waals surface area contributed by atoms with Crippen LogP contribution in [0.1, 0.15) is 10.9 Å². The van der Waals surface area contributed by atoms with Crippen LogP contribution in [0.25, 0.3) is 11.3 Å². The van der Waals surface area contributed by atoms with Gasteiger partial charge in [-0.2, -0.15) is 0 Å². The average molecular weight is 487 g/mol. The predicted octanol–water partition coefficient (Wildman–Crippen LogP) is 4.54. The van der Waals surface area contributed by atoms with Crippen LogP contribution in [0.3, 0.4) is 0 Å². The molecule has 1 fully saturated rings. The van der Waals surface area contributed by atoms with E-state index in [1.807, 2.05) is 72.1 Å². The van der Waals surface area contributed by atoms with E-state index in [1.165, 1.54) is 0 Å². The molecular weight excluding hydrogens is 460 g/mol. The van der Waals surface area contributed by atoms with Gasteiger partial charge < -0.3 is 21.1 Å². The van der Waals surface area contributed by atoms with Gasteiger partial charge in [-0.25, -0.2) is 9.97 Å². The van der Waals surface area contributed by atoms with E-state index >= 15 is 0 Å². The first kappa shape index (κ1) is 23.0. The largest absolute Gasteiger partial charge is 0.399 e. The Hall–Kier alpha value is -3.79. The molecule has 0 saturated carbocycles. The van der Waals surface area contributed by atoms with Crippen LogP contribution in [0.2, 0.25) is 0 Å². The van der Waals surface area contributed by atoms with E-state index in [0.29, 0.717) is 24.8 Å². The average Bonchev–Trinajstić information content (AvgIpc) is 3.40. The highest BCUT2D eigenvalue weighted by Gasteiger charge is 2.30. The van der Waals surface area contributed by atoms with Gasteiger partial charge in [0, 0.05) is 46.8 Å². The number of carbonyl (C=O) groups is 1. The number of benzene rings is 2. The number of morpholine rings is 1. The van der Waals surface area contributed by atoms with Crippen molar-refractivity contribution in [2.75, 3.05) is 42.7 Å². The molecule has 0 radical (unpaired) electrons. The van der Waals surface area contributed by atoms with Crippen LogP contribution in [0.15, 0.2) is 78.3 Å². The first-order valence-electron chi connectivity index (χ1n) is 11.4. The van der Waals surface area contributed by atoms with Crippen LogP contribution in [0.5, 0.6) is 0 Å². The molecule has 4 aromatic rings. The summed E-state index contributed by atoms with van der Waals surface area (Å²) in [6.45, 7) is 2.73. The predicted molar refractivity (Wildman–Crippen MR) is 140 cm³/mol. The Morgan fingerprint density at radius 2 is 1.86 bits per heavy atom. The molecule has 1 amide bonds. The number of nitrogens with one attached hydrogen (secondary N) is 2. The molecule has 2 aromatic carbocycles. The third-order valence-corrected chi connectivity index (χ3v) is 6.64. The Kier molecular flexibility index (Phi) is 6.99. The maximum absolute atomic E-state index is 13.3. The lowest BCUT2D eigenvalue weighted by Gasteiger charge is -2.33. The van der Waals surface area contributed by atoms with Crippen molar-refractivity contribution in [1.29, 1.82) is 0 Å². The molecule has 1 aliphatic rings. The molecule has 1 saturated heterocycles. The van der Waals surface area contributed by atoms with Crippen LogP contribution in [-0.4, -0.2) is 47.1 Å². The van der Waals surface area contributed by atoms with Gasteiger partial charge in [-0.1, -0.05) is 24.3 Å². The van der Waals surface area contributed by atoms with Gasteiger partial charge in [0.05, 0.1) is 18.9 Å². The summed E-state index contributed by atoms with van der Waals surface area (Å²) in [5.74, 6) is 0.438. The summed E-state index contributed by atoms with van der Waals surface area (Å²) in [6, 6.07) is 20.6. The zero-order valence-corrected chi connectivity index (χ0v) is 19.9. The number of carbonyl (C=O) groups excluding carboxylic acids is 1. The van der Waals surface area contributed by atoms with Gasteiger partial charge >= 0.3 is 0 Å². The highest BCUT2D eigenvalue weighted by molar-refractivity contribution is 7.10. The van der Waals surface area contributed by atoms with Crippen molar-refractivity contribution >= 4 is 40.3 Å². The highest BCUT2D eigenvalue weighted by Crippen LogP contribution is 2.28. The van der Waals surface area contributed by atoms with E-state index in [0.717, 1.165) is 40.6 Å². The molecule has 178 valence electrons. The van der Waals surface area contributed by atoms with E-state index in [4.69, 9.17) is 10.5 Å². The normalized spacial score (nSPS) is 14.9.